The van der Waals surface area contributed by atoms with Gasteiger partial charge in [0.1, 0.15) is 0 Å². The number of nitrogens with one attached hydrogen (secondary N) is 1. The number of hydrogen-bond acceptors (Lipinski definition) is 4. The van der Waals surface area contributed by atoms with E-state index in [0.717, 1.165) is 31.8 Å². The summed E-state index contributed by atoms with van der Waals surface area (Å²) in [5, 5.41) is 11.3. The number of carboxylic acid groups (broad SMARTS) is 1. The molecule has 4 aromatic carbocycles. The van der Waals surface area contributed by atoms with E-state index in [1.165, 1.54) is 22.9 Å². The molecule has 150 valence electrons. The van der Waals surface area contributed by atoms with E-state index in [1.807, 2.05) is 37.3 Å². The van der Waals surface area contributed by atoms with Crippen molar-refractivity contribution in [3.63, 3.8) is 0 Å². The van der Waals surface area contributed by atoms with Gasteiger partial charge in [-0.05, 0) is 59.1 Å². The van der Waals surface area contributed by atoms with Crippen molar-refractivity contribution < 1.29 is 9.90 Å². The lowest BCUT2D eigenvalue weighted by Crippen LogP contribution is -1.99. The fourth-order valence-electron chi connectivity index (χ4n) is 3.33. The highest BCUT2D eigenvalue weighted by atomic mass is 32.2. The molecule has 0 aliphatic rings. The summed E-state index contributed by atoms with van der Waals surface area (Å²) in [6, 6.07) is 29.1. The molecule has 0 spiro atoms. The van der Waals surface area contributed by atoms with Gasteiger partial charge < -0.3 is 9.83 Å². The molecule has 0 amide bonds. The van der Waals surface area contributed by atoms with Crippen molar-refractivity contribution in [2.45, 2.75) is 16.7 Å². The fourth-order valence-corrected chi connectivity index (χ4v) is 4.80. The predicted octanol–water partition coefficient (Wildman–Crippen LogP) is 7.11. The van der Waals surface area contributed by atoms with E-state index in [9.17, 15) is 4.79 Å². The second kappa shape index (κ2) is 9.28. The molecule has 4 aromatic rings. The van der Waals surface area contributed by atoms with Crippen molar-refractivity contribution in [3.05, 3.63) is 90.5 Å². The van der Waals surface area contributed by atoms with Crippen LogP contribution in [-0.2, 0) is 4.79 Å². The van der Waals surface area contributed by atoms with Crippen LogP contribution in [0.2, 0.25) is 0 Å². The van der Waals surface area contributed by atoms with Crippen molar-refractivity contribution in [1.82, 2.24) is 0 Å². The highest BCUT2D eigenvalue weighted by Crippen LogP contribution is 2.36. The Morgan fingerprint density at radius 3 is 2.20 bits per heavy atom. The van der Waals surface area contributed by atoms with Gasteiger partial charge >= 0.3 is 5.97 Å². The molecule has 0 aliphatic heterocycles. The van der Waals surface area contributed by atoms with Crippen molar-refractivity contribution in [3.8, 4) is 11.1 Å². The Balaban J connectivity index is 1.57. The smallest absolute Gasteiger partial charge is 0.313 e. The molecule has 0 saturated heterocycles. The van der Waals surface area contributed by atoms with Crippen LogP contribution >= 0.6 is 23.7 Å². The highest BCUT2D eigenvalue weighted by Gasteiger charge is 2.11. The molecule has 5 heteroatoms. The van der Waals surface area contributed by atoms with E-state index >= 15 is 0 Å². The molecule has 0 bridgehead atoms. The van der Waals surface area contributed by atoms with Crippen LogP contribution in [0.15, 0.2) is 94.7 Å². The predicted molar refractivity (Wildman–Crippen MR) is 128 cm³/mol. The third-order valence-electron chi connectivity index (χ3n) is 4.86. The zero-order valence-electron chi connectivity index (χ0n) is 16.5. The highest BCUT2D eigenvalue weighted by molar-refractivity contribution is 8.00. The third-order valence-corrected chi connectivity index (χ3v) is 6.81. The molecule has 30 heavy (non-hydrogen) atoms. The minimum atomic E-state index is -0.810. The van der Waals surface area contributed by atoms with Crippen LogP contribution in [-0.4, -0.2) is 16.8 Å². The molecule has 4 rings (SSSR count). The number of thioether (sulfide) groups is 1. The number of carboxylic acids is 1. The van der Waals surface area contributed by atoms with Crippen LogP contribution in [0.5, 0.6) is 0 Å². The first kappa shape index (κ1) is 20.4. The zero-order chi connectivity index (χ0) is 20.9. The van der Waals surface area contributed by atoms with Crippen molar-refractivity contribution in [2.24, 2.45) is 0 Å². The SMILES string of the molecule is Cc1c(SCC(=O)O)cc(NSc2ccc(-c3ccccc3)cc2)c2ccccc12. The van der Waals surface area contributed by atoms with Crippen molar-refractivity contribution in [1.29, 1.82) is 0 Å². The first-order valence-electron chi connectivity index (χ1n) is 9.57. The molecule has 0 atom stereocenters. The zero-order valence-corrected chi connectivity index (χ0v) is 18.1. The quantitative estimate of drug-likeness (QED) is 0.241. The van der Waals surface area contributed by atoms with Gasteiger partial charge in [-0.15, -0.1) is 11.8 Å². The number of aliphatic carboxylic acids is 1. The van der Waals surface area contributed by atoms with Gasteiger partial charge in [-0.1, -0.05) is 66.7 Å². The summed E-state index contributed by atoms with van der Waals surface area (Å²) in [5.41, 5.74) is 4.49. The first-order valence-corrected chi connectivity index (χ1v) is 11.4. The van der Waals surface area contributed by atoms with E-state index in [-0.39, 0.29) is 5.75 Å². The summed E-state index contributed by atoms with van der Waals surface area (Å²) >= 11 is 2.91. The number of rotatable bonds is 7. The van der Waals surface area contributed by atoms with Gasteiger partial charge in [0.15, 0.2) is 0 Å². The third kappa shape index (κ3) is 4.64. The number of fused-ring (bicyclic) bond motifs is 1. The van der Waals surface area contributed by atoms with Crippen LogP contribution in [0.4, 0.5) is 5.69 Å². The van der Waals surface area contributed by atoms with Crippen LogP contribution in [0, 0.1) is 6.92 Å². The Hall–Kier alpha value is -2.89. The van der Waals surface area contributed by atoms with Crippen LogP contribution in [0.25, 0.3) is 21.9 Å². The molecule has 0 saturated carbocycles. The molecule has 3 nitrogen and oxygen atoms in total. The lowest BCUT2D eigenvalue weighted by Gasteiger charge is -2.15. The maximum Gasteiger partial charge on any atom is 0.313 e. The number of aryl methyl sites for hydroxylation is 1. The monoisotopic (exact) mass is 431 g/mol. The van der Waals surface area contributed by atoms with Gasteiger partial charge in [-0.3, -0.25) is 4.79 Å². The summed E-state index contributed by atoms with van der Waals surface area (Å²) in [4.78, 5) is 13.1. The van der Waals surface area contributed by atoms with Crippen LogP contribution < -0.4 is 4.72 Å². The van der Waals surface area contributed by atoms with E-state index in [2.05, 4.69) is 59.3 Å². The summed E-state index contributed by atoms with van der Waals surface area (Å²) < 4.78 is 3.47. The Kier molecular flexibility index (Phi) is 6.31. The van der Waals surface area contributed by atoms with Gasteiger partial charge in [0, 0.05) is 15.2 Å². The standard InChI is InChI=1S/C25H21NO2S2/c1-17-21-9-5-6-10-22(21)23(15-24(17)29-16-25(27)28)26-30-20-13-11-19(12-14-20)18-7-3-2-4-8-18/h2-15,26H,16H2,1H3,(H,27,28). The summed E-state index contributed by atoms with van der Waals surface area (Å²) in [6.07, 6.45) is 0. The molecule has 0 aliphatic carbocycles. The van der Waals surface area contributed by atoms with Crippen LogP contribution in [0.1, 0.15) is 5.56 Å². The Morgan fingerprint density at radius 1 is 0.867 bits per heavy atom. The minimum Gasteiger partial charge on any atom is -0.481 e. The summed E-state index contributed by atoms with van der Waals surface area (Å²) in [7, 11) is 0. The lowest BCUT2D eigenvalue weighted by atomic mass is 10.0. The van der Waals surface area contributed by atoms with Crippen molar-refractivity contribution in [2.75, 3.05) is 10.5 Å². The Labute approximate surface area is 184 Å². The van der Waals surface area contributed by atoms with Gasteiger partial charge in [0.2, 0.25) is 0 Å². The molecule has 0 fully saturated rings. The van der Waals surface area contributed by atoms with E-state index in [4.69, 9.17) is 5.11 Å². The molecule has 0 radical (unpaired) electrons. The number of benzene rings is 4. The average Bonchev–Trinajstić information content (AvgIpc) is 2.79. The molecular formula is C25H21NO2S2. The summed E-state index contributed by atoms with van der Waals surface area (Å²) in [6.45, 7) is 2.05. The van der Waals surface area contributed by atoms with Gasteiger partial charge in [0.05, 0.1) is 11.4 Å². The topological polar surface area (TPSA) is 49.3 Å². The van der Waals surface area contributed by atoms with E-state index < -0.39 is 5.97 Å². The Morgan fingerprint density at radius 2 is 1.50 bits per heavy atom. The van der Waals surface area contributed by atoms with Gasteiger partial charge in [-0.25, -0.2) is 0 Å². The normalized spacial score (nSPS) is 10.8. The number of hydrogen-bond donors (Lipinski definition) is 2. The second-order valence-electron chi connectivity index (χ2n) is 6.87. The van der Waals surface area contributed by atoms with Crippen molar-refractivity contribution >= 4 is 46.1 Å². The number of anilines is 1. The summed E-state index contributed by atoms with van der Waals surface area (Å²) in [5.74, 6) is -0.762. The van der Waals surface area contributed by atoms with E-state index in [0.29, 0.717) is 0 Å². The molecular weight excluding hydrogens is 410 g/mol. The molecule has 0 heterocycles. The first-order chi connectivity index (χ1) is 14.6. The molecule has 0 unspecified atom stereocenters. The molecule has 2 N–H and O–H groups in total. The molecule has 0 aromatic heterocycles. The largest absolute Gasteiger partial charge is 0.481 e. The minimum absolute atomic E-state index is 0.0483. The number of carbonyl (C=O) groups is 1. The van der Waals surface area contributed by atoms with Gasteiger partial charge in [0.25, 0.3) is 0 Å². The van der Waals surface area contributed by atoms with E-state index in [1.54, 1.807) is 11.9 Å². The maximum atomic E-state index is 11.0. The van der Waals surface area contributed by atoms with Gasteiger partial charge in [-0.2, -0.15) is 0 Å². The Bertz CT molecular complexity index is 1180. The fraction of sp³-hybridized carbons (Fsp3) is 0.0800. The van der Waals surface area contributed by atoms with Crippen LogP contribution in [0.3, 0.4) is 0 Å². The second-order valence-corrected chi connectivity index (χ2v) is 8.77. The average molecular weight is 432 g/mol. The lowest BCUT2D eigenvalue weighted by molar-refractivity contribution is -0.133. The maximum absolute atomic E-state index is 11.0.